The van der Waals surface area contributed by atoms with Gasteiger partial charge in [0, 0.05) is 16.6 Å². The largest absolute Gasteiger partial charge is 0.495 e. The number of hydrogen-bond acceptors (Lipinski definition) is 3. The van der Waals surface area contributed by atoms with Gasteiger partial charge in [0.2, 0.25) is 0 Å². The fourth-order valence-corrected chi connectivity index (χ4v) is 2.11. The second-order valence-corrected chi connectivity index (χ2v) is 5.15. The van der Waals surface area contributed by atoms with E-state index in [4.69, 9.17) is 22.1 Å². The van der Waals surface area contributed by atoms with E-state index in [1.165, 1.54) is 19.2 Å². The summed E-state index contributed by atoms with van der Waals surface area (Å²) in [6, 6.07) is 7.95. The summed E-state index contributed by atoms with van der Waals surface area (Å²) in [5.41, 5.74) is 6.69. The van der Waals surface area contributed by atoms with E-state index >= 15 is 0 Å². The first kappa shape index (κ1) is 14.0. The van der Waals surface area contributed by atoms with Crippen LogP contribution in [-0.2, 0) is 0 Å². The van der Waals surface area contributed by atoms with Gasteiger partial charge in [0.05, 0.1) is 29.2 Å². The lowest BCUT2D eigenvalue weighted by Crippen LogP contribution is -1.99. The molecule has 0 aromatic heterocycles. The van der Waals surface area contributed by atoms with Crippen molar-refractivity contribution < 1.29 is 9.13 Å². The molecule has 0 aliphatic heterocycles. The van der Waals surface area contributed by atoms with Gasteiger partial charge in [-0.2, -0.15) is 0 Å². The van der Waals surface area contributed by atoms with E-state index < -0.39 is 5.82 Å². The standard InChI is InChI=1S/C13H11BrClFN2O/c1-19-13-6-12(9(16)5-10(13)17)18-11-4-7(14)2-3-8(11)15/h2-6,18H,17H2,1H3. The summed E-state index contributed by atoms with van der Waals surface area (Å²) >= 11 is 9.37. The minimum Gasteiger partial charge on any atom is -0.495 e. The molecule has 3 nitrogen and oxygen atoms in total. The Morgan fingerprint density at radius 1 is 1.26 bits per heavy atom. The van der Waals surface area contributed by atoms with E-state index in [9.17, 15) is 4.39 Å². The van der Waals surface area contributed by atoms with Gasteiger partial charge in [-0.15, -0.1) is 0 Å². The summed E-state index contributed by atoms with van der Waals surface area (Å²) in [5.74, 6) is -0.0793. The average Bonchev–Trinajstić information content (AvgIpc) is 2.37. The van der Waals surface area contributed by atoms with Crippen molar-refractivity contribution in [3.05, 3.63) is 45.6 Å². The molecule has 0 spiro atoms. The zero-order chi connectivity index (χ0) is 14.0. The molecule has 0 heterocycles. The molecular weight excluding hydrogens is 335 g/mol. The molecule has 2 aromatic carbocycles. The summed E-state index contributed by atoms with van der Waals surface area (Å²) in [6.07, 6.45) is 0. The topological polar surface area (TPSA) is 47.3 Å². The molecule has 0 unspecified atom stereocenters. The van der Waals surface area contributed by atoms with Crippen LogP contribution in [0.15, 0.2) is 34.8 Å². The van der Waals surface area contributed by atoms with Gasteiger partial charge >= 0.3 is 0 Å². The van der Waals surface area contributed by atoms with Crippen LogP contribution >= 0.6 is 27.5 Å². The SMILES string of the molecule is COc1cc(Nc2cc(Br)ccc2Cl)c(F)cc1N. The van der Waals surface area contributed by atoms with Crippen molar-refractivity contribution in [2.24, 2.45) is 0 Å². The van der Waals surface area contributed by atoms with Crippen LogP contribution in [0.4, 0.5) is 21.5 Å². The maximum atomic E-state index is 13.8. The van der Waals surface area contributed by atoms with E-state index in [0.717, 1.165) is 4.47 Å². The normalized spacial score (nSPS) is 10.3. The van der Waals surface area contributed by atoms with E-state index in [1.807, 2.05) is 0 Å². The zero-order valence-corrected chi connectivity index (χ0v) is 12.3. The van der Waals surface area contributed by atoms with Crippen LogP contribution in [0.25, 0.3) is 0 Å². The predicted molar refractivity (Wildman–Crippen MR) is 79.8 cm³/mol. The highest BCUT2D eigenvalue weighted by atomic mass is 79.9. The first-order valence-electron chi connectivity index (χ1n) is 5.36. The maximum absolute atomic E-state index is 13.8. The van der Waals surface area contributed by atoms with Crippen molar-refractivity contribution in [1.82, 2.24) is 0 Å². The van der Waals surface area contributed by atoms with Crippen LogP contribution in [0.2, 0.25) is 5.02 Å². The van der Waals surface area contributed by atoms with E-state index in [-0.39, 0.29) is 11.4 Å². The summed E-state index contributed by atoms with van der Waals surface area (Å²) in [4.78, 5) is 0. The molecule has 2 aromatic rings. The summed E-state index contributed by atoms with van der Waals surface area (Å²) in [7, 11) is 1.47. The molecule has 0 aliphatic carbocycles. The minimum absolute atomic E-state index is 0.242. The molecule has 2 rings (SSSR count). The third kappa shape index (κ3) is 3.11. The van der Waals surface area contributed by atoms with Gasteiger partial charge in [0.1, 0.15) is 11.6 Å². The van der Waals surface area contributed by atoms with Crippen LogP contribution < -0.4 is 15.8 Å². The lowest BCUT2D eigenvalue weighted by atomic mass is 10.2. The molecule has 0 saturated carbocycles. The number of nitrogens with two attached hydrogens (primary N) is 1. The van der Waals surface area contributed by atoms with Gasteiger partial charge in [-0.1, -0.05) is 27.5 Å². The van der Waals surface area contributed by atoms with Crippen molar-refractivity contribution in [2.75, 3.05) is 18.2 Å². The summed E-state index contributed by atoms with van der Waals surface area (Å²) < 4.78 is 19.7. The van der Waals surface area contributed by atoms with Gasteiger partial charge in [0.25, 0.3) is 0 Å². The van der Waals surface area contributed by atoms with Crippen molar-refractivity contribution in [2.45, 2.75) is 0 Å². The molecule has 0 amide bonds. The lowest BCUT2D eigenvalue weighted by molar-refractivity contribution is 0.416. The third-order valence-electron chi connectivity index (χ3n) is 2.52. The second-order valence-electron chi connectivity index (χ2n) is 3.82. The Kier molecular flexibility index (Phi) is 4.17. The fraction of sp³-hybridized carbons (Fsp3) is 0.0769. The van der Waals surface area contributed by atoms with Crippen LogP contribution in [0.1, 0.15) is 0 Å². The number of methoxy groups -OCH3 is 1. The summed E-state index contributed by atoms with van der Waals surface area (Å²) in [6.45, 7) is 0. The molecule has 6 heteroatoms. The van der Waals surface area contributed by atoms with Crippen molar-refractivity contribution >= 4 is 44.6 Å². The quantitative estimate of drug-likeness (QED) is 0.801. The first-order chi connectivity index (χ1) is 9.01. The molecule has 0 atom stereocenters. The average molecular weight is 346 g/mol. The van der Waals surface area contributed by atoms with Gasteiger partial charge in [-0.05, 0) is 18.2 Å². The Labute approximate surface area is 123 Å². The van der Waals surface area contributed by atoms with Crippen molar-refractivity contribution in [3.8, 4) is 5.75 Å². The Balaban J connectivity index is 2.40. The monoisotopic (exact) mass is 344 g/mol. The molecule has 100 valence electrons. The second kappa shape index (κ2) is 5.67. The molecule has 19 heavy (non-hydrogen) atoms. The zero-order valence-electron chi connectivity index (χ0n) is 10.0. The van der Waals surface area contributed by atoms with E-state index in [0.29, 0.717) is 16.5 Å². The number of halogens is 3. The van der Waals surface area contributed by atoms with E-state index in [1.54, 1.807) is 18.2 Å². The van der Waals surface area contributed by atoms with Crippen molar-refractivity contribution in [3.63, 3.8) is 0 Å². The molecule has 3 N–H and O–H groups in total. The molecule has 0 aliphatic rings. The van der Waals surface area contributed by atoms with E-state index in [2.05, 4.69) is 21.2 Å². The number of ether oxygens (including phenoxy) is 1. The van der Waals surface area contributed by atoms with Crippen molar-refractivity contribution in [1.29, 1.82) is 0 Å². The summed E-state index contributed by atoms with van der Waals surface area (Å²) in [5, 5.41) is 3.40. The number of anilines is 3. The molecule has 0 fully saturated rings. The number of benzene rings is 2. The highest BCUT2D eigenvalue weighted by molar-refractivity contribution is 9.10. The van der Waals surface area contributed by atoms with Crippen LogP contribution in [0.5, 0.6) is 5.75 Å². The first-order valence-corrected chi connectivity index (χ1v) is 6.53. The Bertz CT molecular complexity index is 622. The number of hydrogen-bond donors (Lipinski definition) is 2. The van der Waals surface area contributed by atoms with Crippen LogP contribution in [-0.4, -0.2) is 7.11 Å². The van der Waals surface area contributed by atoms with Gasteiger partial charge < -0.3 is 15.8 Å². The predicted octanol–water partition coefficient (Wildman–Crippen LogP) is 4.58. The van der Waals surface area contributed by atoms with Crippen LogP contribution in [0, 0.1) is 5.82 Å². The highest BCUT2D eigenvalue weighted by Crippen LogP contribution is 2.33. The molecule has 0 radical (unpaired) electrons. The minimum atomic E-state index is -0.477. The Morgan fingerprint density at radius 3 is 2.68 bits per heavy atom. The maximum Gasteiger partial charge on any atom is 0.148 e. The van der Waals surface area contributed by atoms with Crippen LogP contribution in [0.3, 0.4) is 0 Å². The fourth-order valence-electron chi connectivity index (χ4n) is 1.58. The molecule has 0 bridgehead atoms. The number of rotatable bonds is 3. The van der Waals surface area contributed by atoms with Gasteiger partial charge in [0.15, 0.2) is 0 Å². The smallest absolute Gasteiger partial charge is 0.148 e. The van der Waals surface area contributed by atoms with Gasteiger partial charge in [-0.25, -0.2) is 4.39 Å². The lowest BCUT2D eigenvalue weighted by Gasteiger charge is -2.12. The Hall–Kier alpha value is -1.46. The highest BCUT2D eigenvalue weighted by Gasteiger charge is 2.10. The third-order valence-corrected chi connectivity index (χ3v) is 3.34. The molecular formula is C13H11BrClFN2O. The number of nitrogens with one attached hydrogen (secondary N) is 1. The molecule has 0 saturated heterocycles. The van der Waals surface area contributed by atoms with Gasteiger partial charge in [-0.3, -0.25) is 0 Å². The number of nitrogen functional groups attached to an aromatic ring is 1. The Morgan fingerprint density at radius 2 is 2.00 bits per heavy atom.